The second-order valence-corrected chi connectivity index (χ2v) is 5.84. The Morgan fingerprint density at radius 2 is 2.00 bits per heavy atom. The Hall–Kier alpha value is -0.580. The molecule has 1 rings (SSSR count). The van der Waals surface area contributed by atoms with Crippen molar-refractivity contribution >= 4 is 15.9 Å². The van der Waals surface area contributed by atoms with Crippen LogP contribution in [0.25, 0.3) is 0 Å². The molecule has 108 valence electrons. The molecule has 0 spiro atoms. The van der Waals surface area contributed by atoms with E-state index in [4.69, 9.17) is 4.74 Å². The molecule has 4 heteroatoms. The van der Waals surface area contributed by atoms with Crippen LogP contribution in [-0.4, -0.2) is 25.4 Å². The summed E-state index contributed by atoms with van der Waals surface area (Å²) in [5.41, 5.74) is 1.11. The molecule has 0 bridgehead atoms. The van der Waals surface area contributed by atoms with Crippen LogP contribution in [0, 0.1) is 5.41 Å². The van der Waals surface area contributed by atoms with Gasteiger partial charge in [0.25, 0.3) is 0 Å². The van der Waals surface area contributed by atoms with Gasteiger partial charge in [-0.15, -0.1) is 0 Å². The fourth-order valence-corrected chi connectivity index (χ4v) is 2.54. The van der Waals surface area contributed by atoms with E-state index < -0.39 is 0 Å². The lowest BCUT2D eigenvalue weighted by Gasteiger charge is -2.29. The van der Waals surface area contributed by atoms with E-state index in [-0.39, 0.29) is 12.0 Å². The molecule has 1 aromatic rings. The van der Waals surface area contributed by atoms with E-state index >= 15 is 0 Å². The van der Waals surface area contributed by atoms with E-state index in [1.54, 1.807) is 7.11 Å². The van der Waals surface area contributed by atoms with Gasteiger partial charge in [0.05, 0.1) is 7.11 Å². The number of halogens is 1. The summed E-state index contributed by atoms with van der Waals surface area (Å²) in [6.07, 6.45) is 1.95. The Morgan fingerprint density at radius 1 is 1.32 bits per heavy atom. The van der Waals surface area contributed by atoms with Crippen LogP contribution in [0.1, 0.15) is 32.3 Å². The van der Waals surface area contributed by atoms with E-state index in [0.29, 0.717) is 0 Å². The smallest absolute Gasteiger partial charge is 0.123 e. The predicted octanol–water partition coefficient (Wildman–Crippen LogP) is 3.35. The lowest BCUT2D eigenvalue weighted by Crippen LogP contribution is -2.36. The first kappa shape index (κ1) is 16.5. The first-order chi connectivity index (χ1) is 9.10. The monoisotopic (exact) mass is 329 g/mol. The third-order valence-corrected chi connectivity index (χ3v) is 4.39. The molecule has 1 aromatic carbocycles. The summed E-state index contributed by atoms with van der Waals surface area (Å²) >= 11 is 3.47. The highest BCUT2D eigenvalue weighted by atomic mass is 79.9. The highest BCUT2D eigenvalue weighted by Gasteiger charge is 2.24. The average Bonchev–Trinajstić information content (AvgIpc) is 2.44. The number of ether oxygens (including phenoxy) is 1. The number of aliphatic hydroxyl groups excluding tert-OH is 1. The van der Waals surface area contributed by atoms with Crippen LogP contribution in [0.2, 0.25) is 0 Å². The third-order valence-electron chi connectivity index (χ3n) is 3.89. The topological polar surface area (TPSA) is 41.5 Å². The predicted molar refractivity (Wildman–Crippen MR) is 82.5 cm³/mol. The van der Waals surface area contributed by atoms with Crippen molar-refractivity contribution in [3.05, 3.63) is 28.2 Å². The zero-order valence-corrected chi connectivity index (χ0v) is 13.6. The van der Waals surface area contributed by atoms with Crippen LogP contribution < -0.4 is 10.1 Å². The van der Waals surface area contributed by atoms with Gasteiger partial charge in [0.1, 0.15) is 5.75 Å². The molecular formula is C15H24BrNO2. The zero-order chi connectivity index (χ0) is 14.3. The Balaban J connectivity index is 2.64. The summed E-state index contributed by atoms with van der Waals surface area (Å²) < 4.78 is 6.40. The van der Waals surface area contributed by atoms with Crippen molar-refractivity contribution < 1.29 is 9.84 Å². The van der Waals surface area contributed by atoms with Crippen molar-refractivity contribution in [2.45, 2.75) is 33.2 Å². The maximum Gasteiger partial charge on any atom is 0.123 e. The Labute approximate surface area is 124 Å². The molecule has 0 aliphatic carbocycles. The number of rotatable bonds is 8. The fraction of sp³-hybridized carbons (Fsp3) is 0.600. The normalized spacial score (nSPS) is 11.6. The van der Waals surface area contributed by atoms with Crippen LogP contribution in [0.5, 0.6) is 5.75 Å². The highest BCUT2D eigenvalue weighted by Crippen LogP contribution is 2.26. The van der Waals surface area contributed by atoms with Crippen molar-refractivity contribution in [1.82, 2.24) is 5.32 Å². The molecule has 0 radical (unpaired) electrons. The van der Waals surface area contributed by atoms with Gasteiger partial charge in [-0.25, -0.2) is 0 Å². The van der Waals surface area contributed by atoms with Crippen molar-refractivity contribution in [3.63, 3.8) is 0 Å². The van der Waals surface area contributed by atoms with E-state index in [1.807, 2.05) is 12.1 Å². The number of hydrogen-bond acceptors (Lipinski definition) is 3. The molecule has 0 fully saturated rings. The summed E-state index contributed by atoms with van der Waals surface area (Å²) in [4.78, 5) is 0. The maximum atomic E-state index is 9.55. The molecule has 0 saturated heterocycles. The standard InChI is InChI=1S/C15H24BrNO2/c1-4-15(5-2,11-18)10-17-9-12-8-13(16)6-7-14(12)19-3/h6-8,17-18H,4-5,9-11H2,1-3H3. The van der Waals surface area contributed by atoms with Crippen molar-refractivity contribution in [1.29, 1.82) is 0 Å². The average molecular weight is 330 g/mol. The minimum atomic E-state index is -0.0146. The fourth-order valence-electron chi connectivity index (χ4n) is 2.13. The summed E-state index contributed by atoms with van der Waals surface area (Å²) in [6.45, 7) is 6.03. The van der Waals surface area contributed by atoms with E-state index in [0.717, 1.165) is 41.7 Å². The molecule has 0 amide bonds. The third kappa shape index (κ3) is 4.48. The number of nitrogens with one attached hydrogen (secondary N) is 1. The SMILES string of the molecule is CCC(CC)(CO)CNCc1cc(Br)ccc1OC. The van der Waals surface area contributed by atoms with E-state index in [2.05, 4.69) is 41.2 Å². The van der Waals surface area contributed by atoms with Crippen LogP contribution in [-0.2, 0) is 6.54 Å². The molecule has 0 aliphatic rings. The minimum absolute atomic E-state index is 0.0146. The molecule has 3 nitrogen and oxygen atoms in total. The highest BCUT2D eigenvalue weighted by molar-refractivity contribution is 9.10. The molecule has 0 aromatic heterocycles. The lowest BCUT2D eigenvalue weighted by molar-refractivity contribution is 0.113. The van der Waals surface area contributed by atoms with Gasteiger partial charge in [-0.3, -0.25) is 0 Å². The Bertz CT molecular complexity index is 383. The van der Waals surface area contributed by atoms with Crippen molar-refractivity contribution in [2.75, 3.05) is 20.3 Å². The molecular weight excluding hydrogens is 306 g/mol. The number of methoxy groups -OCH3 is 1. The van der Waals surface area contributed by atoms with Crippen molar-refractivity contribution in [2.24, 2.45) is 5.41 Å². The zero-order valence-electron chi connectivity index (χ0n) is 12.0. The Morgan fingerprint density at radius 3 is 2.53 bits per heavy atom. The van der Waals surface area contributed by atoms with Gasteiger partial charge in [-0.05, 0) is 31.0 Å². The second-order valence-electron chi connectivity index (χ2n) is 4.92. The van der Waals surface area contributed by atoms with E-state index in [9.17, 15) is 5.11 Å². The summed E-state index contributed by atoms with van der Waals surface area (Å²) in [5.74, 6) is 0.887. The molecule has 0 aliphatic heterocycles. The van der Waals surface area contributed by atoms with Gasteiger partial charge in [0.15, 0.2) is 0 Å². The molecule has 19 heavy (non-hydrogen) atoms. The maximum absolute atomic E-state index is 9.55. The summed E-state index contributed by atoms with van der Waals surface area (Å²) in [7, 11) is 1.68. The lowest BCUT2D eigenvalue weighted by atomic mass is 9.83. The molecule has 0 unspecified atom stereocenters. The van der Waals surface area contributed by atoms with Gasteiger partial charge in [0.2, 0.25) is 0 Å². The number of hydrogen-bond donors (Lipinski definition) is 2. The van der Waals surface area contributed by atoms with Gasteiger partial charge >= 0.3 is 0 Å². The largest absolute Gasteiger partial charge is 0.496 e. The Kier molecular flexibility index (Phi) is 6.83. The van der Waals surface area contributed by atoms with Crippen LogP contribution in [0.3, 0.4) is 0 Å². The van der Waals surface area contributed by atoms with Gasteiger partial charge in [-0.1, -0.05) is 29.8 Å². The molecule has 0 atom stereocenters. The van der Waals surface area contributed by atoms with Crippen LogP contribution >= 0.6 is 15.9 Å². The van der Waals surface area contributed by atoms with Gasteiger partial charge in [0, 0.05) is 35.1 Å². The van der Waals surface area contributed by atoms with Gasteiger partial charge in [-0.2, -0.15) is 0 Å². The first-order valence-corrected chi connectivity index (χ1v) is 7.54. The van der Waals surface area contributed by atoms with Crippen LogP contribution in [0.4, 0.5) is 0 Å². The first-order valence-electron chi connectivity index (χ1n) is 6.74. The summed E-state index contributed by atoms with van der Waals surface area (Å²) in [5, 5.41) is 13.0. The molecule has 0 saturated carbocycles. The number of aliphatic hydroxyl groups is 1. The quantitative estimate of drug-likeness (QED) is 0.768. The number of benzene rings is 1. The molecule has 0 heterocycles. The van der Waals surface area contributed by atoms with E-state index in [1.165, 1.54) is 0 Å². The molecule has 2 N–H and O–H groups in total. The van der Waals surface area contributed by atoms with Gasteiger partial charge < -0.3 is 15.2 Å². The second kappa shape index (κ2) is 7.88. The van der Waals surface area contributed by atoms with Crippen LogP contribution in [0.15, 0.2) is 22.7 Å². The summed E-state index contributed by atoms with van der Waals surface area (Å²) in [6, 6.07) is 5.99. The van der Waals surface area contributed by atoms with Crippen molar-refractivity contribution in [3.8, 4) is 5.75 Å². The minimum Gasteiger partial charge on any atom is -0.496 e.